The van der Waals surface area contributed by atoms with Crippen molar-refractivity contribution in [1.29, 1.82) is 0 Å². The number of hydrogen-bond donors (Lipinski definition) is 1. The highest BCUT2D eigenvalue weighted by Gasteiger charge is 2.47. The zero-order valence-corrected chi connectivity index (χ0v) is 24.1. The lowest BCUT2D eigenvalue weighted by Gasteiger charge is -2.55. The number of aromatic carboxylic acids is 1. The first-order chi connectivity index (χ1) is 19.4. The molecule has 2 aliphatic heterocycles. The third kappa shape index (κ3) is 4.61. The van der Waals surface area contributed by atoms with E-state index in [0.29, 0.717) is 51.5 Å². The van der Waals surface area contributed by atoms with Gasteiger partial charge in [-0.1, -0.05) is 40.5 Å². The van der Waals surface area contributed by atoms with Crippen LogP contribution < -0.4 is 4.90 Å². The van der Waals surface area contributed by atoms with Crippen LogP contribution in [0.25, 0.3) is 22.5 Å². The Balaban J connectivity index is 1.04. The second-order valence-electron chi connectivity index (χ2n) is 11.0. The first-order valence-corrected chi connectivity index (χ1v) is 15.1. The number of hydrogen-bond acceptors (Lipinski definition) is 7. The van der Waals surface area contributed by atoms with Gasteiger partial charge in [-0.3, -0.25) is 0 Å². The largest absolute Gasteiger partial charge is 0.478 e. The van der Waals surface area contributed by atoms with Crippen LogP contribution in [0.2, 0.25) is 10.0 Å². The van der Waals surface area contributed by atoms with Gasteiger partial charge in [0.15, 0.2) is 5.13 Å². The van der Waals surface area contributed by atoms with Crippen LogP contribution >= 0.6 is 34.5 Å². The number of fused-ring (bicyclic) bond motifs is 2. The molecule has 0 amide bonds. The van der Waals surface area contributed by atoms with Crippen molar-refractivity contribution in [3.8, 4) is 22.5 Å². The lowest BCUT2D eigenvalue weighted by atomic mass is 9.78. The number of aromatic nitrogens is 2. The van der Waals surface area contributed by atoms with E-state index in [-0.39, 0.29) is 6.10 Å². The van der Waals surface area contributed by atoms with Gasteiger partial charge < -0.3 is 19.3 Å². The maximum absolute atomic E-state index is 11.4. The van der Waals surface area contributed by atoms with E-state index < -0.39 is 5.97 Å². The number of carboxylic acids is 1. The minimum atomic E-state index is -0.912. The van der Waals surface area contributed by atoms with Crippen molar-refractivity contribution in [2.45, 2.75) is 69.7 Å². The molecule has 2 aromatic carbocycles. The quantitative estimate of drug-likeness (QED) is 0.221. The van der Waals surface area contributed by atoms with Crippen LogP contribution in [-0.2, 0) is 11.3 Å². The molecule has 40 heavy (non-hydrogen) atoms. The molecule has 206 valence electrons. The monoisotopic (exact) mass is 595 g/mol. The van der Waals surface area contributed by atoms with Gasteiger partial charge in [0.05, 0.1) is 34.0 Å². The van der Waals surface area contributed by atoms with Gasteiger partial charge in [0, 0.05) is 40.1 Å². The number of aryl methyl sites for hydroxylation is 1. The highest BCUT2D eigenvalue weighted by Crippen LogP contribution is 2.48. The summed E-state index contributed by atoms with van der Waals surface area (Å²) >= 11 is 14.7. The number of carbonyl (C=O) groups is 1. The Morgan fingerprint density at radius 2 is 1.90 bits per heavy atom. The molecule has 2 saturated heterocycles. The normalized spacial score (nSPS) is 21.9. The van der Waals surface area contributed by atoms with E-state index >= 15 is 0 Å². The lowest BCUT2D eigenvalue weighted by molar-refractivity contribution is -0.0169. The van der Waals surface area contributed by atoms with Gasteiger partial charge in [-0.2, -0.15) is 0 Å². The third-order valence-corrected chi connectivity index (χ3v) is 9.78. The van der Waals surface area contributed by atoms with Gasteiger partial charge in [-0.25, -0.2) is 9.78 Å². The number of piperidine rings is 1. The molecule has 7 nitrogen and oxygen atoms in total. The maximum atomic E-state index is 11.4. The van der Waals surface area contributed by atoms with Crippen molar-refractivity contribution in [3.63, 3.8) is 0 Å². The summed E-state index contributed by atoms with van der Waals surface area (Å²) in [6.07, 6.45) is 5.34. The van der Waals surface area contributed by atoms with Gasteiger partial charge in [-0.05, 0) is 68.9 Å². The van der Waals surface area contributed by atoms with Crippen molar-refractivity contribution in [2.75, 3.05) is 4.90 Å². The molecule has 2 bridgehead atoms. The minimum absolute atomic E-state index is 0.141. The molecule has 0 spiro atoms. The molecule has 1 unspecified atom stereocenters. The van der Waals surface area contributed by atoms with Crippen molar-refractivity contribution < 1.29 is 19.2 Å². The molecule has 4 heterocycles. The lowest BCUT2D eigenvalue weighted by Crippen LogP contribution is -2.62. The number of rotatable bonds is 8. The van der Waals surface area contributed by atoms with Gasteiger partial charge in [0.25, 0.3) is 0 Å². The van der Waals surface area contributed by atoms with E-state index in [9.17, 15) is 9.90 Å². The van der Waals surface area contributed by atoms with E-state index in [2.05, 4.69) is 15.4 Å². The molecule has 8 rings (SSSR count). The zero-order chi connectivity index (χ0) is 27.5. The first-order valence-electron chi connectivity index (χ1n) is 13.5. The highest BCUT2D eigenvalue weighted by molar-refractivity contribution is 7.14. The first kappa shape index (κ1) is 26.0. The molecule has 2 saturated carbocycles. The predicted molar refractivity (Wildman–Crippen MR) is 156 cm³/mol. The van der Waals surface area contributed by atoms with E-state index in [1.807, 2.05) is 37.3 Å². The van der Waals surface area contributed by atoms with Crippen LogP contribution in [0.3, 0.4) is 0 Å². The fourth-order valence-corrected chi connectivity index (χ4v) is 7.65. The van der Waals surface area contributed by atoms with Crippen LogP contribution in [-0.4, -0.2) is 39.4 Å². The van der Waals surface area contributed by atoms with Gasteiger partial charge in [0.2, 0.25) is 0 Å². The number of carboxylic acid groups (broad SMARTS) is 1. The second kappa shape index (κ2) is 10.2. The van der Waals surface area contributed by atoms with Crippen molar-refractivity contribution >= 4 is 45.6 Å². The minimum Gasteiger partial charge on any atom is -0.478 e. The van der Waals surface area contributed by atoms with Gasteiger partial charge >= 0.3 is 5.97 Å². The van der Waals surface area contributed by atoms with E-state index in [0.717, 1.165) is 65.4 Å². The molecule has 1 N–H and O–H groups in total. The Kier molecular flexibility index (Phi) is 6.62. The number of nitrogens with zero attached hydrogens (tertiary/aromatic N) is 3. The average molecular weight is 597 g/mol. The summed E-state index contributed by atoms with van der Waals surface area (Å²) < 4.78 is 12.3. The molecule has 2 aliphatic carbocycles. The standard InChI is InChI=1S/C30H27Cl2N3O4S/c1-15-9-17(7-8-21(15)29(36)37)25-14-40-30(33-25)35-18-10-19(35)12-20(11-18)38-13-22-27(34-39-28(22)16-5-6-16)26-23(31)3-2-4-24(26)32/h2-4,7-9,14,16,18-20H,5-6,10-13H2,1H3,(H,36,37)/t18-,19?,20+/m1/s1. The second-order valence-corrected chi connectivity index (χ2v) is 12.6. The molecule has 3 atom stereocenters. The number of halogens is 2. The topological polar surface area (TPSA) is 88.7 Å². The Labute approximate surface area is 245 Å². The molecule has 0 radical (unpaired) electrons. The maximum Gasteiger partial charge on any atom is 0.335 e. The van der Waals surface area contributed by atoms with Crippen molar-refractivity contribution in [2.24, 2.45) is 0 Å². The molecule has 2 aromatic heterocycles. The molecular formula is C30H27Cl2N3O4S. The van der Waals surface area contributed by atoms with E-state index in [1.54, 1.807) is 17.4 Å². The van der Waals surface area contributed by atoms with Crippen LogP contribution in [0.1, 0.15) is 65.3 Å². The van der Waals surface area contributed by atoms with E-state index in [1.165, 1.54) is 0 Å². The zero-order valence-electron chi connectivity index (χ0n) is 21.8. The Morgan fingerprint density at radius 1 is 1.15 bits per heavy atom. The summed E-state index contributed by atoms with van der Waals surface area (Å²) in [5, 5.41) is 17.9. The van der Waals surface area contributed by atoms with Crippen LogP contribution in [0, 0.1) is 6.92 Å². The Hall–Kier alpha value is -2.91. The fourth-order valence-electron chi connectivity index (χ4n) is 6.10. The van der Waals surface area contributed by atoms with Crippen molar-refractivity contribution in [1.82, 2.24) is 10.1 Å². The molecular weight excluding hydrogens is 569 g/mol. The van der Waals surface area contributed by atoms with Crippen LogP contribution in [0.4, 0.5) is 5.13 Å². The van der Waals surface area contributed by atoms with Crippen molar-refractivity contribution in [3.05, 3.63) is 74.3 Å². The third-order valence-electron chi connectivity index (χ3n) is 8.30. The fraction of sp³-hybridized carbons (Fsp3) is 0.367. The predicted octanol–water partition coefficient (Wildman–Crippen LogP) is 7.98. The number of ether oxygens (including phenoxy) is 1. The van der Waals surface area contributed by atoms with Gasteiger partial charge in [-0.15, -0.1) is 11.3 Å². The summed E-state index contributed by atoms with van der Waals surface area (Å²) in [6, 6.07) is 11.6. The number of anilines is 1. The summed E-state index contributed by atoms with van der Waals surface area (Å²) in [7, 11) is 0. The average Bonchev–Trinajstić information content (AvgIpc) is 3.51. The Morgan fingerprint density at radius 3 is 2.58 bits per heavy atom. The number of benzene rings is 2. The molecule has 10 heteroatoms. The highest BCUT2D eigenvalue weighted by atomic mass is 35.5. The smallest absolute Gasteiger partial charge is 0.335 e. The van der Waals surface area contributed by atoms with Crippen LogP contribution in [0.15, 0.2) is 46.3 Å². The SMILES string of the molecule is Cc1cc(-c2csc(N3C4C[C@@H](OCc5c(-c6c(Cl)cccc6Cl)noc5C5CC5)C[C@H]3C4)n2)ccc1C(=O)O. The van der Waals surface area contributed by atoms with Crippen LogP contribution in [0.5, 0.6) is 0 Å². The van der Waals surface area contributed by atoms with Gasteiger partial charge in [0.1, 0.15) is 11.5 Å². The summed E-state index contributed by atoms with van der Waals surface area (Å²) in [6.45, 7) is 2.24. The molecule has 4 aliphatic rings. The molecule has 4 aromatic rings. The summed E-state index contributed by atoms with van der Waals surface area (Å²) in [5.74, 6) is 0.375. The Bertz CT molecular complexity index is 1580. The van der Waals surface area contributed by atoms with E-state index in [4.69, 9.17) is 37.4 Å². The number of thiazole rings is 1. The summed E-state index contributed by atoms with van der Waals surface area (Å²) in [5.41, 5.74) is 5.21. The molecule has 4 fully saturated rings. The summed E-state index contributed by atoms with van der Waals surface area (Å²) in [4.78, 5) is 18.7.